The van der Waals surface area contributed by atoms with Crippen molar-refractivity contribution >= 4 is 29.8 Å². The lowest BCUT2D eigenvalue weighted by molar-refractivity contribution is -0.186. The summed E-state index contributed by atoms with van der Waals surface area (Å²) in [5.41, 5.74) is -3.38. The fraction of sp³-hybridized carbons (Fsp3) is 0.688. The van der Waals surface area contributed by atoms with E-state index in [-0.39, 0.29) is 19.4 Å². The smallest absolute Gasteiger partial charge is 0.349 e. The van der Waals surface area contributed by atoms with E-state index >= 15 is 0 Å². The third kappa shape index (κ3) is 7.49. The predicted octanol–water partition coefficient (Wildman–Crippen LogP) is 1.06. The largest absolute Gasteiger partial charge is 0.481 e. The van der Waals surface area contributed by atoms with Crippen molar-refractivity contribution in [3.8, 4) is 0 Å². The molecule has 0 bridgehead atoms. The molecule has 148 valence electrons. The average Bonchev–Trinajstić information content (AvgIpc) is 2.49. The minimum Gasteiger partial charge on any atom is -0.481 e. The Morgan fingerprint density at radius 3 is 1.81 bits per heavy atom. The first-order valence-corrected chi connectivity index (χ1v) is 7.92. The zero-order chi connectivity index (χ0) is 20.5. The molecule has 0 aromatic heterocycles. The molecule has 0 heterocycles. The van der Waals surface area contributed by atoms with Gasteiger partial charge in [-0.1, -0.05) is 6.92 Å². The van der Waals surface area contributed by atoms with Gasteiger partial charge in [-0.15, -0.1) is 0 Å². The predicted molar refractivity (Wildman–Crippen MR) is 85.2 cm³/mol. The fourth-order valence-corrected chi connectivity index (χ4v) is 1.81. The van der Waals surface area contributed by atoms with Gasteiger partial charge in [0.2, 0.25) is 5.60 Å². The highest BCUT2D eigenvalue weighted by Crippen LogP contribution is 2.24. The number of carbonyl (C=O) groups excluding carboxylic acids is 2. The molecule has 0 aliphatic rings. The summed E-state index contributed by atoms with van der Waals surface area (Å²) in [6, 6.07) is 0. The molecule has 10 heteroatoms. The molecule has 0 unspecified atom stereocenters. The van der Waals surface area contributed by atoms with E-state index in [2.05, 4.69) is 4.74 Å². The number of carboxylic acids is 3. The molecule has 0 saturated carbocycles. The number of carbonyl (C=O) groups is 5. The van der Waals surface area contributed by atoms with Crippen LogP contribution < -0.4 is 0 Å². The number of carboxylic acid groups (broad SMARTS) is 3. The van der Waals surface area contributed by atoms with Gasteiger partial charge in [-0.25, -0.2) is 4.79 Å². The number of rotatable bonds is 12. The van der Waals surface area contributed by atoms with Crippen molar-refractivity contribution < 1.29 is 48.8 Å². The molecule has 10 nitrogen and oxygen atoms in total. The van der Waals surface area contributed by atoms with Crippen LogP contribution in [0.4, 0.5) is 0 Å². The summed E-state index contributed by atoms with van der Waals surface area (Å²) < 4.78 is 9.68. The molecular formula is C16H24O10. The highest BCUT2D eigenvalue weighted by atomic mass is 16.6. The number of esters is 2. The van der Waals surface area contributed by atoms with E-state index in [0.717, 1.165) is 0 Å². The quantitative estimate of drug-likeness (QED) is 0.331. The van der Waals surface area contributed by atoms with E-state index in [1.54, 1.807) is 13.8 Å². The molecule has 0 saturated heterocycles. The monoisotopic (exact) mass is 376 g/mol. The Kier molecular flexibility index (Phi) is 8.74. The maximum absolute atomic E-state index is 11.8. The first-order chi connectivity index (χ1) is 11.9. The summed E-state index contributed by atoms with van der Waals surface area (Å²) in [7, 11) is 0. The number of ether oxygens (including phenoxy) is 2. The SMILES string of the molecule is CCC(C)(C)C(=O)OCCCC(=O)OC(CC(=O)O)(CC(=O)O)C(=O)O. The minimum atomic E-state index is -2.70. The van der Waals surface area contributed by atoms with Crippen LogP contribution in [0.2, 0.25) is 0 Å². The van der Waals surface area contributed by atoms with Crippen molar-refractivity contribution in [3.63, 3.8) is 0 Å². The summed E-state index contributed by atoms with van der Waals surface area (Å²) >= 11 is 0. The van der Waals surface area contributed by atoms with Crippen LogP contribution in [0.25, 0.3) is 0 Å². The van der Waals surface area contributed by atoms with E-state index in [0.29, 0.717) is 6.42 Å². The molecule has 0 aliphatic carbocycles. The average molecular weight is 376 g/mol. The van der Waals surface area contributed by atoms with E-state index < -0.39 is 53.7 Å². The molecule has 0 aromatic rings. The third-order valence-corrected chi connectivity index (χ3v) is 3.77. The Morgan fingerprint density at radius 2 is 1.42 bits per heavy atom. The number of hydrogen-bond acceptors (Lipinski definition) is 7. The maximum Gasteiger partial charge on any atom is 0.349 e. The first-order valence-electron chi connectivity index (χ1n) is 7.92. The highest BCUT2D eigenvalue weighted by Gasteiger charge is 2.47. The first kappa shape index (κ1) is 23.4. The molecule has 26 heavy (non-hydrogen) atoms. The van der Waals surface area contributed by atoms with Gasteiger partial charge >= 0.3 is 29.8 Å². The lowest BCUT2D eigenvalue weighted by Gasteiger charge is -2.26. The Balaban J connectivity index is 4.76. The standard InChI is InChI=1S/C16H24O10/c1-4-15(2,3)14(24)25-7-5-6-12(21)26-16(13(22)23,8-10(17)18)9-11(19)20/h4-9H2,1-3H3,(H,17,18)(H,19,20)(H,22,23). The van der Waals surface area contributed by atoms with Gasteiger partial charge in [-0.2, -0.15) is 0 Å². The summed E-state index contributed by atoms with van der Waals surface area (Å²) in [4.78, 5) is 56.6. The second-order valence-electron chi connectivity index (χ2n) is 6.39. The molecule has 0 spiro atoms. The molecule has 0 rings (SSSR count). The van der Waals surface area contributed by atoms with Gasteiger partial charge in [0.05, 0.1) is 24.9 Å². The summed E-state index contributed by atoms with van der Waals surface area (Å²) in [5.74, 6) is -6.67. The van der Waals surface area contributed by atoms with Gasteiger partial charge in [-0.05, 0) is 26.7 Å². The Morgan fingerprint density at radius 1 is 0.923 bits per heavy atom. The zero-order valence-electron chi connectivity index (χ0n) is 14.9. The molecule has 0 amide bonds. The van der Waals surface area contributed by atoms with E-state index in [9.17, 15) is 24.0 Å². The van der Waals surface area contributed by atoms with Crippen molar-refractivity contribution in [2.45, 2.75) is 58.5 Å². The lowest BCUT2D eigenvalue weighted by Crippen LogP contribution is -2.47. The lowest BCUT2D eigenvalue weighted by atomic mass is 9.91. The number of aliphatic carboxylic acids is 3. The minimum absolute atomic E-state index is 0.0141. The van der Waals surface area contributed by atoms with Crippen molar-refractivity contribution in [1.29, 1.82) is 0 Å². The van der Waals surface area contributed by atoms with Gasteiger partial charge in [0, 0.05) is 6.42 Å². The van der Waals surface area contributed by atoms with Gasteiger partial charge in [-0.3, -0.25) is 19.2 Å². The topological polar surface area (TPSA) is 165 Å². The molecule has 0 aliphatic heterocycles. The van der Waals surface area contributed by atoms with E-state index in [4.69, 9.17) is 20.1 Å². The molecule has 0 aromatic carbocycles. The van der Waals surface area contributed by atoms with Crippen molar-refractivity contribution in [1.82, 2.24) is 0 Å². The zero-order valence-corrected chi connectivity index (χ0v) is 14.9. The normalized spacial score (nSPS) is 11.5. The van der Waals surface area contributed by atoms with Gasteiger partial charge in [0.1, 0.15) is 0 Å². The fourth-order valence-electron chi connectivity index (χ4n) is 1.81. The second-order valence-corrected chi connectivity index (χ2v) is 6.39. The molecular weight excluding hydrogens is 352 g/mol. The van der Waals surface area contributed by atoms with Crippen molar-refractivity contribution in [3.05, 3.63) is 0 Å². The van der Waals surface area contributed by atoms with Gasteiger partial charge in [0.25, 0.3) is 0 Å². The summed E-state index contributed by atoms with van der Waals surface area (Å²) in [6.07, 6.45) is -2.19. The number of hydrogen-bond donors (Lipinski definition) is 3. The van der Waals surface area contributed by atoms with Crippen LogP contribution in [0, 0.1) is 5.41 Å². The van der Waals surface area contributed by atoms with Crippen LogP contribution in [0.1, 0.15) is 52.9 Å². The molecule has 0 radical (unpaired) electrons. The van der Waals surface area contributed by atoms with Crippen LogP contribution in [0.3, 0.4) is 0 Å². The van der Waals surface area contributed by atoms with E-state index in [1.807, 2.05) is 6.92 Å². The van der Waals surface area contributed by atoms with Crippen LogP contribution in [-0.2, 0) is 33.4 Å². The maximum atomic E-state index is 11.8. The Bertz CT molecular complexity index is 547. The van der Waals surface area contributed by atoms with Crippen molar-refractivity contribution in [2.24, 2.45) is 5.41 Å². The van der Waals surface area contributed by atoms with Gasteiger partial charge in [0.15, 0.2) is 0 Å². The second kappa shape index (κ2) is 9.73. The van der Waals surface area contributed by atoms with E-state index in [1.165, 1.54) is 0 Å². The van der Waals surface area contributed by atoms with Crippen LogP contribution >= 0.6 is 0 Å². The van der Waals surface area contributed by atoms with Crippen LogP contribution in [0.5, 0.6) is 0 Å². The summed E-state index contributed by atoms with van der Waals surface area (Å²) in [6.45, 7) is 5.09. The third-order valence-electron chi connectivity index (χ3n) is 3.77. The van der Waals surface area contributed by atoms with Crippen LogP contribution in [-0.4, -0.2) is 57.4 Å². The van der Waals surface area contributed by atoms with Crippen molar-refractivity contribution in [2.75, 3.05) is 6.61 Å². The van der Waals surface area contributed by atoms with Crippen LogP contribution in [0.15, 0.2) is 0 Å². The Hall–Kier alpha value is -2.65. The molecule has 3 N–H and O–H groups in total. The molecule has 0 atom stereocenters. The summed E-state index contributed by atoms with van der Waals surface area (Å²) in [5, 5.41) is 26.7. The Labute approximate surface area is 150 Å². The molecule has 0 fully saturated rings. The highest BCUT2D eigenvalue weighted by molar-refractivity contribution is 5.90. The van der Waals surface area contributed by atoms with Gasteiger partial charge < -0.3 is 24.8 Å².